The number of hydrogen-bond acceptors (Lipinski definition) is 3. The molecule has 1 amide bonds. The van der Waals surface area contributed by atoms with Gasteiger partial charge in [-0.3, -0.25) is 9.59 Å². The van der Waals surface area contributed by atoms with E-state index >= 15 is 0 Å². The van der Waals surface area contributed by atoms with Gasteiger partial charge in [-0.1, -0.05) is 20.8 Å². The summed E-state index contributed by atoms with van der Waals surface area (Å²) in [5.41, 5.74) is 1.23. The van der Waals surface area contributed by atoms with Crippen LogP contribution in [0.1, 0.15) is 31.1 Å². The van der Waals surface area contributed by atoms with E-state index in [4.69, 9.17) is 0 Å². The van der Waals surface area contributed by atoms with Crippen molar-refractivity contribution in [3.8, 4) is 0 Å². The lowest BCUT2D eigenvalue weighted by atomic mass is 10.1. The van der Waals surface area contributed by atoms with Crippen molar-refractivity contribution >= 4 is 29.1 Å². The third-order valence-corrected chi connectivity index (χ3v) is 3.60. The second-order valence-corrected chi connectivity index (χ2v) is 6.99. The third-order valence-electron chi connectivity index (χ3n) is 2.50. The number of thioether (sulfide) groups is 1. The Hall–Kier alpha value is -1.29. The van der Waals surface area contributed by atoms with Crippen LogP contribution in [0, 0.1) is 0 Å². The highest BCUT2D eigenvalue weighted by atomic mass is 32.2. The van der Waals surface area contributed by atoms with E-state index in [9.17, 15) is 9.59 Å². The van der Waals surface area contributed by atoms with Crippen LogP contribution in [0.2, 0.25) is 0 Å². The van der Waals surface area contributed by atoms with E-state index < -0.39 is 11.7 Å². The fourth-order valence-electron chi connectivity index (χ4n) is 1.77. The molecule has 1 aromatic rings. The Kier molecular flexibility index (Phi) is 2.78. The van der Waals surface area contributed by atoms with Gasteiger partial charge in [0.1, 0.15) is 0 Å². The number of ketones is 1. The van der Waals surface area contributed by atoms with Crippen LogP contribution < -0.4 is 4.90 Å². The van der Waals surface area contributed by atoms with Crippen LogP contribution in [0.5, 0.6) is 0 Å². The van der Waals surface area contributed by atoms with E-state index in [-0.39, 0.29) is 4.75 Å². The highest BCUT2D eigenvalue weighted by molar-refractivity contribution is 8.00. The maximum absolute atomic E-state index is 11.6. The molecule has 0 spiro atoms. The zero-order valence-corrected chi connectivity index (χ0v) is 11.2. The first-order valence-electron chi connectivity index (χ1n) is 5.45. The quantitative estimate of drug-likeness (QED) is 0.567. The molecule has 3 nitrogen and oxygen atoms in total. The number of rotatable bonds is 1. The molecule has 0 fully saturated rings. The standard InChI is InChI=1S/C13H15NO2S/c1-13(2,3)17-8-5-6-9-10(7-8)14(4)12(16)11(9)15/h5-7H,1-4H3. The smallest absolute Gasteiger partial charge is 0.299 e. The fourth-order valence-corrected chi connectivity index (χ4v) is 2.79. The van der Waals surface area contributed by atoms with Gasteiger partial charge < -0.3 is 4.90 Å². The molecule has 0 aromatic heterocycles. The molecule has 1 heterocycles. The van der Waals surface area contributed by atoms with Gasteiger partial charge in [-0.15, -0.1) is 11.8 Å². The number of carbonyl (C=O) groups is 2. The van der Waals surface area contributed by atoms with E-state index in [1.54, 1.807) is 24.9 Å². The van der Waals surface area contributed by atoms with Gasteiger partial charge in [0.2, 0.25) is 0 Å². The van der Waals surface area contributed by atoms with Gasteiger partial charge in [0.25, 0.3) is 11.7 Å². The monoisotopic (exact) mass is 249 g/mol. The molecule has 0 unspecified atom stereocenters. The number of fused-ring (bicyclic) bond motifs is 1. The first kappa shape index (κ1) is 12.2. The van der Waals surface area contributed by atoms with Crippen LogP contribution in [0.25, 0.3) is 0 Å². The Morgan fingerprint density at radius 2 is 1.82 bits per heavy atom. The van der Waals surface area contributed by atoms with Gasteiger partial charge in [-0.2, -0.15) is 0 Å². The topological polar surface area (TPSA) is 37.4 Å². The maximum Gasteiger partial charge on any atom is 0.299 e. The Balaban J connectivity index is 2.40. The fraction of sp³-hybridized carbons (Fsp3) is 0.385. The number of Topliss-reactive ketones (excluding diaryl/α,β-unsaturated/α-hetero) is 1. The molecule has 17 heavy (non-hydrogen) atoms. The molecule has 0 saturated carbocycles. The molecule has 0 atom stereocenters. The van der Waals surface area contributed by atoms with Crippen molar-refractivity contribution in [1.82, 2.24) is 0 Å². The minimum Gasteiger partial charge on any atom is -0.308 e. The summed E-state index contributed by atoms with van der Waals surface area (Å²) in [5.74, 6) is -0.854. The molecule has 1 aliphatic heterocycles. The first-order valence-corrected chi connectivity index (χ1v) is 6.27. The van der Waals surface area contributed by atoms with Crippen molar-refractivity contribution < 1.29 is 9.59 Å². The minimum atomic E-state index is -0.446. The number of likely N-dealkylation sites (N-methyl/N-ethyl adjacent to an activating group) is 1. The van der Waals surface area contributed by atoms with Gasteiger partial charge in [-0.05, 0) is 18.2 Å². The molecule has 0 aliphatic carbocycles. The Bertz CT molecular complexity index is 503. The van der Waals surface area contributed by atoms with Gasteiger partial charge in [0, 0.05) is 16.7 Å². The molecular formula is C13H15NO2S. The molecule has 0 radical (unpaired) electrons. The molecular weight excluding hydrogens is 234 g/mol. The van der Waals surface area contributed by atoms with E-state index in [1.165, 1.54) is 4.90 Å². The lowest BCUT2D eigenvalue weighted by molar-refractivity contribution is -0.114. The molecule has 0 bridgehead atoms. The Morgan fingerprint density at radius 1 is 1.18 bits per heavy atom. The first-order chi connectivity index (χ1) is 7.79. The summed E-state index contributed by atoms with van der Waals surface area (Å²) in [6.45, 7) is 6.39. The second-order valence-electron chi connectivity index (χ2n) is 5.09. The lowest BCUT2D eigenvalue weighted by Crippen LogP contribution is -2.24. The summed E-state index contributed by atoms with van der Waals surface area (Å²) < 4.78 is 0.111. The van der Waals surface area contributed by atoms with E-state index in [1.807, 2.05) is 12.1 Å². The second kappa shape index (κ2) is 3.88. The molecule has 0 N–H and O–H groups in total. The van der Waals surface area contributed by atoms with Crippen molar-refractivity contribution in [2.75, 3.05) is 11.9 Å². The average Bonchev–Trinajstić information content (AvgIpc) is 2.42. The average molecular weight is 249 g/mol. The van der Waals surface area contributed by atoms with Gasteiger partial charge in [-0.25, -0.2) is 0 Å². The van der Waals surface area contributed by atoms with E-state index in [2.05, 4.69) is 20.8 Å². The van der Waals surface area contributed by atoms with Crippen LogP contribution in [-0.4, -0.2) is 23.5 Å². The molecule has 4 heteroatoms. The number of nitrogens with zero attached hydrogens (tertiary/aromatic N) is 1. The zero-order chi connectivity index (χ0) is 12.8. The third kappa shape index (κ3) is 2.22. The number of amides is 1. The highest BCUT2D eigenvalue weighted by Gasteiger charge is 2.33. The highest BCUT2D eigenvalue weighted by Crippen LogP contribution is 2.37. The number of hydrogen-bond donors (Lipinski definition) is 0. The van der Waals surface area contributed by atoms with E-state index in [0.717, 1.165) is 4.90 Å². The van der Waals surface area contributed by atoms with Crippen LogP contribution in [0.3, 0.4) is 0 Å². The SMILES string of the molecule is CN1C(=O)C(=O)c2ccc(SC(C)(C)C)cc21. The van der Waals surface area contributed by atoms with Gasteiger partial charge >= 0.3 is 0 Å². The number of benzene rings is 1. The van der Waals surface area contributed by atoms with Crippen molar-refractivity contribution in [2.45, 2.75) is 30.4 Å². The Labute approximate surface area is 105 Å². The predicted molar refractivity (Wildman–Crippen MR) is 69.8 cm³/mol. The van der Waals surface area contributed by atoms with Crippen molar-refractivity contribution in [3.63, 3.8) is 0 Å². The molecule has 2 rings (SSSR count). The minimum absolute atomic E-state index is 0.111. The largest absolute Gasteiger partial charge is 0.308 e. The predicted octanol–water partition coefficient (Wildman–Crippen LogP) is 2.74. The lowest BCUT2D eigenvalue weighted by Gasteiger charge is -2.18. The number of anilines is 1. The van der Waals surface area contributed by atoms with Crippen LogP contribution in [-0.2, 0) is 4.79 Å². The van der Waals surface area contributed by atoms with Gasteiger partial charge in [0.05, 0.1) is 11.3 Å². The van der Waals surface area contributed by atoms with Crippen molar-refractivity contribution in [1.29, 1.82) is 0 Å². The van der Waals surface area contributed by atoms with Crippen LogP contribution in [0.15, 0.2) is 23.1 Å². The molecule has 1 aromatic carbocycles. The molecule has 1 aliphatic rings. The summed E-state index contributed by atoms with van der Waals surface area (Å²) in [5, 5.41) is 0. The summed E-state index contributed by atoms with van der Waals surface area (Å²) in [6.07, 6.45) is 0. The normalized spacial score (nSPS) is 15.4. The van der Waals surface area contributed by atoms with Crippen molar-refractivity contribution in [3.05, 3.63) is 23.8 Å². The molecule has 0 saturated heterocycles. The van der Waals surface area contributed by atoms with E-state index in [0.29, 0.717) is 11.3 Å². The molecule has 90 valence electrons. The zero-order valence-electron chi connectivity index (χ0n) is 10.4. The van der Waals surface area contributed by atoms with Crippen LogP contribution in [0.4, 0.5) is 5.69 Å². The van der Waals surface area contributed by atoms with Gasteiger partial charge in [0.15, 0.2) is 0 Å². The maximum atomic E-state index is 11.6. The van der Waals surface area contributed by atoms with Crippen molar-refractivity contribution in [2.24, 2.45) is 0 Å². The van der Waals surface area contributed by atoms with Crippen LogP contribution >= 0.6 is 11.8 Å². The Morgan fingerprint density at radius 3 is 2.41 bits per heavy atom. The number of carbonyl (C=O) groups excluding carboxylic acids is 2. The summed E-state index contributed by atoms with van der Waals surface area (Å²) in [7, 11) is 1.64. The summed E-state index contributed by atoms with van der Waals surface area (Å²) in [6, 6.07) is 5.56. The summed E-state index contributed by atoms with van der Waals surface area (Å²) in [4.78, 5) is 25.6. The summed E-state index contributed by atoms with van der Waals surface area (Å²) >= 11 is 1.72.